The summed E-state index contributed by atoms with van der Waals surface area (Å²) in [5, 5.41) is 0. The van der Waals surface area contributed by atoms with Crippen molar-refractivity contribution in [3.05, 3.63) is 41.5 Å². The van der Waals surface area contributed by atoms with Crippen molar-refractivity contribution in [2.75, 3.05) is 32.7 Å². The van der Waals surface area contributed by atoms with Crippen molar-refractivity contribution < 1.29 is 0 Å². The fourth-order valence-corrected chi connectivity index (χ4v) is 2.95. The molecule has 1 saturated heterocycles. The van der Waals surface area contributed by atoms with E-state index in [1.807, 2.05) is 0 Å². The smallest absolute Gasteiger partial charge is 0.131 e. The van der Waals surface area contributed by atoms with Crippen LogP contribution in [0.3, 0.4) is 0 Å². The molecule has 0 aliphatic carbocycles. The van der Waals surface area contributed by atoms with Crippen molar-refractivity contribution in [3.63, 3.8) is 0 Å². The normalized spacial score (nSPS) is 20.0. The Hall–Kier alpha value is -1.61. The van der Waals surface area contributed by atoms with Gasteiger partial charge >= 0.3 is 0 Å². The minimum Gasteiger partial charge on any atom is -0.354 e. The van der Waals surface area contributed by atoms with Gasteiger partial charge < -0.3 is 9.80 Å². The van der Waals surface area contributed by atoms with Crippen molar-refractivity contribution in [3.8, 4) is 0 Å². The maximum Gasteiger partial charge on any atom is 0.131 e. The van der Waals surface area contributed by atoms with Gasteiger partial charge in [0.05, 0.1) is 5.69 Å². The first-order chi connectivity index (χ1) is 9.78. The number of hydrogen-bond acceptors (Lipinski definition) is 3. The van der Waals surface area contributed by atoms with Gasteiger partial charge in [-0.3, -0.25) is 0 Å². The second-order valence-electron chi connectivity index (χ2n) is 5.58. The van der Waals surface area contributed by atoms with Crippen LogP contribution in [-0.4, -0.2) is 48.4 Å². The largest absolute Gasteiger partial charge is 0.354 e. The van der Waals surface area contributed by atoms with Gasteiger partial charge in [0.1, 0.15) is 5.84 Å². The number of fused-ring (bicyclic) bond motifs is 1. The Morgan fingerprint density at radius 1 is 1.10 bits per heavy atom. The molecule has 0 aromatic heterocycles. The average molecular weight is 269 g/mol. The standard InChI is InChI=1S/C17H23N3/c1-3-19-10-12-20(13-11-19)17-14(2)8-9-15-6-4-5-7-16(15)18-17/h4-8H,3,9-13H2,1-2H3. The molecule has 0 bridgehead atoms. The van der Waals surface area contributed by atoms with Crippen molar-refractivity contribution in [1.29, 1.82) is 0 Å². The molecule has 20 heavy (non-hydrogen) atoms. The first-order valence-corrected chi connectivity index (χ1v) is 7.59. The number of amidine groups is 1. The Morgan fingerprint density at radius 2 is 1.85 bits per heavy atom. The highest BCUT2D eigenvalue weighted by atomic mass is 15.3. The Morgan fingerprint density at radius 3 is 2.60 bits per heavy atom. The first kappa shape index (κ1) is 13.4. The number of aliphatic imine (C=N–C) groups is 1. The zero-order valence-electron chi connectivity index (χ0n) is 12.5. The highest BCUT2D eigenvalue weighted by molar-refractivity contribution is 6.00. The maximum absolute atomic E-state index is 4.95. The predicted molar refractivity (Wildman–Crippen MR) is 84.7 cm³/mol. The molecule has 0 saturated carbocycles. The van der Waals surface area contributed by atoms with Crippen LogP contribution in [0.5, 0.6) is 0 Å². The second-order valence-corrected chi connectivity index (χ2v) is 5.58. The summed E-state index contributed by atoms with van der Waals surface area (Å²) in [7, 11) is 0. The summed E-state index contributed by atoms with van der Waals surface area (Å²) >= 11 is 0. The van der Waals surface area contributed by atoms with Crippen LogP contribution in [0.2, 0.25) is 0 Å². The second kappa shape index (κ2) is 5.80. The Kier molecular flexibility index (Phi) is 3.88. The molecule has 0 spiro atoms. The molecule has 0 atom stereocenters. The summed E-state index contributed by atoms with van der Waals surface area (Å²) in [5.41, 5.74) is 3.77. The molecule has 1 aromatic carbocycles. The van der Waals surface area contributed by atoms with Gasteiger partial charge in [0.25, 0.3) is 0 Å². The van der Waals surface area contributed by atoms with E-state index in [2.05, 4.69) is 54.0 Å². The summed E-state index contributed by atoms with van der Waals surface area (Å²) in [4.78, 5) is 9.90. The lowest BCUT2D eigenvalue weighted by molar-refractivity contribution is 0.190. The molecule has 1 aromatic rings. The van der Waals surface area contributed by atoms with Crippen LogP contribution in [0.15, 0.2) is 40.9 Å². The molecule has 0 amide bonds. The SMILES string of the molecule is CCN1CCN(C2=Nc3ccccc3CC=C2C)CC1. The van der Waals surface area contributed by atoms with Crippen LogP contribution in [0, 0.1) is 0 Å². The van der Waals surface area contributed by atoms with E-state index in [1.165, 1.54) is 17.0 Å². The fourth-order valence-electron chi connectivity index (χ4n) is 2.95. The number of piperazine rings is 1. The van der Waals surface area contributed by atoms with Crippen molar-refractivity contribution in [2.45, 2.75) is 20.3 Å². The first-order valence-electron chi connectivity index (χ1n) is 7.59. The third-order valence-electron chi connectivity index (χ3n) is 4.32. The average Bonchev–Trinajstić information content (AvgIpc) is 2.67. The van der Waals surface area contributed by atoms with E-state index in [0.717, 1.165) is 44.8 Å². The summed E-state index contributed by atoms with van der Waals surface area (Å²) in [6, 6.07) is 8.49. The molecule has 3 nitrogen and oxygen atoms in total. The van der Waals surface area contributed by atoms with Crippen molar-refractivity contribution in [2.24, 2.45) is 4.99 Å². The van der Waals surface area contributed by atoms with E-state index in [1.54, 1.807) is 0 Å². The number of nitrogens with zero attached hydrogens (tertiary/aromatic N) is 3. The number of likely N-dealkylation sites (N-methyl/N-ethyl adjacent to an activating group) is 1. The summed E-state index contributed by atoms with van der Waals surface area (Å²) in [6.45, 7) is 10.0. The van der Waals surface area contributed by atoms with Gasteiger partial charge in [-0.1, -0.05) is 31.2 Å². The molecule has 2 heterocycles. The van der Waals surface area contributed by atoms with Crippen LogP contribution in [0.4, 0.5) is 5.69 Å². The van der Waals surface area contributed by atoms with E-state index in [4.69, 9.17) is 4.99 Å². The van der Waals surface area contributed by atoms with Crippen molar-refractivity contribution in [1.82, 2.24) is 9.80 Å². The summed E-state index contributed by atoms with van der Waals surface area (Å²) < 4.78 is 0. The van der Waals surface area contributed by atoms with Gasteiger partial charge in [0, 0.05) is 26.2 Å². The fraction of sp³-hybridized carbons (Fsp3) is 0.471. The molecule has 0 radical (unpaired) electrons. The molecule has 0 unspecified atom stereocenters. The molecule has 3 rings (SSSR count). The van der Waals surface area contributed by atoms with Crippen LogP contribution < -0.4 is 0 Å². The Labute approximate surface area is 121 Å². The summed E-state index contributed by atoms with van der Waals surface area (Å²) in [5.74, 6) is 1.17. The van der Waals surface area contributed by atoms with E-state index in [-0.39, 0.29) is 0 Å². The number of benzene rings is 1. The molecule has 106 valence electrons. The van der Waals surface area contributed by atoms with Gasteiger partial charge in [0.15, 0.2) is 0 Å². The lowest BCUT2D eigenvalue weighted by atomic mass is 10.1. The molecule has 1 fully saturated rings. The van der Waals surface area contributed by atoms with E-state index in [0.29, 0.717) is 0 Å². The molecular formula is C17H23N3. The topological polar surface area (TPSA) is 18.8 Å². The zero-order chi connectivity index (χ0) is 13.9. The third-order valence-corrected chi connectivity index (χ3v) is 4.32. The Bertz CT molecular complexity index is 537. The van der Waals surface area contributed by atoms with E-state index in [9.17, 15) is 0 Å². The van der Waals surface area contributed by atoms with Gasteiger partial charge in [-0.25, -0.2) is 4.99 Å². The zero-order valence-corrected chi connectivity index (χ0v) is 12.5. The van der Waals surface area contributed by atoms with Crippen LogP contribution in [0.1, 0.15) is 19.4 Å². The van der Waals surface area contributed by atoms with Gasteiger partial charge in [-0.2, -0.15) is 0 Å². The minimum absolute atomic E-state index is 0.990. The third kappa shape index (κ3) is 2.63. The molecule has 2 aliphatic heterocycles. The minimum atomic E-state index is 0.990. The maximum atomic E-state index is 4.95. The highest BCUT2D eigenvalue weighted by Crippen LogP contribution is 2.25. The molecule has 3 heteroatoms. The lowest BCUT2D eigenvalue weighted by Crippen LogP contribution is -2.48. The Balaban J connectivity index is 1.86. The quantitative estimate of drug-likeness (QED) is 0.780. The van der Waals surface area contributed by atoms with Crippen LogP contribution >= 0.6 is 0 Å². The number of allylic oxidation sites excluding steroid dienone is 1. The van der Waals surface area contributed by atoms with Gasteiger partial charge in [0.2, 0.25) is 0 Å². The molecular weight excluding hydrogens is 246 g/mol. The van der Waals surface area contributed by atoms with Crippen molar-refractivity contribution >= 4 is 11.5 Å². The monoisotopic (exact) mass is 269 g/mol. The number of para-hydroxylation sites is 1. The van der Waals surface area contributed by atoms with E-state index < -0.39 is 0 Å². The lowest BCUT2D eigenvalue weighted by Gasteiger charge is -2.36. The van der Waals surface area contributed by atoms with Crippen LogP contribution in [0.25, 0.3) is 0 Å². The predicted octanol–water partition coefficient (Wildman–Crippen LogP) is 2.86. The molecule has 2 aliphatic rings. The van der Waals surface area contributed by atoms with E-state index >= 15 is 0 Å². The number of hydrogen-bond donors (Lipinski definition) is 0. The van der Waals surface area contributed by atoms with Gasteiger partial charge in [-0.15, -0.1) is 0 Å². The van der Waals surface area contributed by atoms with Crippen LogP contribution in [-0.2, 0) is 6.42 Å². The molecule has 0 N–H and O–H groups in total. The van der Waals surface area contributed by atoms with Gasteiger partial charge in [-0.05, 0) is 37.1 Å². The highest BCUT2D eigenvalue weighted by Gasteiger charge is 2.21. The number of rotatable bonds is 1. The summed E-state index contributed by atoms with van der Waals surface area (Å²) in [6.07, 6.45) is 3.31.